The molecule has 0 fully saturated rings. The molecule has 2 rings (SSSR count). The first-order valence-electron chi connectivity index (χ1n) is 3.56. The second-order valence-electron chi connectivity index (χ2n) is 2.33. The molecule has 1 aromatic rings. The minimum atomic E-state index is 1.04. The smallest absolute Gasteiger partial charge is 0.0864 e. The monoisotopic (exact) mass is 162 g/mol. The summed E-state index contributed by atoms with van der Waals surface area (Å²) in [5, 5.41) is 3.47. The van der Waals surface area contributed by atoms with Crippen LogP contribution >= 0.6 is 11.8 Å². The van der Waals surface area contributed by atoms with E-state index in [1.165, 1.54) is 5.25 Å². The molecule has 1 nitrogen and oxygen atoms in total. The summed E-state index contributed by atoms with van der Waals surface area (Å²) in [4.78, 5) is 4.26. The van der Waals surface area contributed by atoms with Gasteiger partial charge >= 0.3 is 0 Å². The van der Waals surface area contributed by atoms with Crippen molar-refractivity contribution in [2.45, 2.75) is 6.42 Å². The molecule has 2 heteroatoms. The molecular formula is C9H8NS. The number of aromatic nitrogens is 1. The Balaban J connectivity index is 2.17. The van der Waals surface area contributed by atoms with Gasteiger partial charge in [-0.2, -0.15) is 0 Å². The average Bonchev–Trinajstić information content (AvgIpc) is 2.58. The molecule has 1 aliphatic rings. The van der Waals surface area contributed by atoms with Gasteiger partial charge in [0.25, 0.3) is 0 Å². The predicted octanol–water partition coefficient (Wildman–Crippen LogP) is 2.61. The van der Waals surface area contributed by atoms with Gasteiger partial charge in [0.2, 0.25) is 0 Å². The number of hydrogen-bond acceptors (Lipinski definition) is 2. The van der Waals surface area contributed by atoms with Crippen molar-refractivity contribution in [1.29, 1.82) is 0 Å². The molecule has 0 saturated carbocycles. The molecule has 0 N–H and O–H groups in total. The van der Waals surface area contributed by atoms with Crippen LogP contribution in [-0.2, 0) is 0 Å². The first-order chi connectivity index (χ1) is 5.47. The zero-order valence-corrected chi connectivity index (χ0v) is 6.84. The second-order valence-corrected chi connectivity index (χ2v) is 3.33. The molecule has 1 aromatic heterocycles. The highest BCUT2D eigenvalue weighted by molar-refractivity contribution is 8.05. The van der Waals surface area contributed by atoms with E-state index in [1.54, 1.807) is 11.8 Å². The molecule has 0 unspecified atom stereocenters. The number of allylic oxidation sites excluding steroid dienone is 1. The van der Waals surface area contributed by atoms with E-state index in [9.17, 15) is 0 Å². The Morgan fingerprint density at radius 3 is 3.00 bits per heavy atom. The van der Waals surface area contributed by atoms with Gasteiger partial charge in [-0.3, -0.25) is 4.98 Å². The molecule has 0 atom stereocenters. The van der Waals surface area contributed by atoms with Crippen LogP contribution < -0.4 is 0 Å². The van der Waals surface area contributed by atoms with Crippen molar-refractivity contribution in [2.24, 2.45) is 0 Å². The summed E-state index contributed by atoms with van der Waals surface area (Å²) in [6.07, 6.45) is 5.04. The van der Waals surface area contributed by atoms with Crippen molar-refractivity contribution in [3.63, 3.8) is 0 Å². The molecule has 0 amide bonds. The van der Waals surface area contributed by atoms with E-state index in [0.29, 0.717) is 0 Å². The van der Waals surface area contributed by atoms with E-state index in [-0.39, 0.29) is 0 Å². The van der Waals surface area contributed by atoms with E-state index >= 15 is 0 Å². The van der Waals surface area contributed by atoms with Gasteiger partial charge in [-0.1, -0.05) is 12.1 Å². The van der Waals surface area contributed by atoms with Gasteiger partial charge in [-0.05, 0) is 24.0 Å². The van der Waals surface area contributed by atoms with E-state index in [4.69, 9.17) is 0 Å². The molecule has 0 bridgehead atoms. The Bertz CT molecular complexity index is 248. The number of thioether (sulfide) groups is 1. The van der Waals surface area contributed by atoms with Crippen molar-refractivity contribution in [3.8, 4) is 0 Å². The largest absolute Gasteiger partial charge is 0.260 e. The minimum Gasteiger partial charge on any atom is -0.260 e. The summed E-state index contributed by atoms with van der Waals surface area (Å²) in [6, 6.07) is 6.01. The Kier molecular flexibility index (Phi) is 1.95. The Hall–Kier alpha value is -0.760. The SMILES string of the molecule is C1=CS[C](c2ccccn2)C1. The van der Waals surface area contributed by atoms with Crippen LogP contribution in [0.4, 0.5) is 0 Å². The molecule has 1 aliphatic heterocycles. The summed E-state index contributed by atoms with van der Waals surface area (Å²) < 4.78 is 0. The standard InChI is InChI=1S/C9H8NS/c1-2-6-10-8(4-1)9-5-3-7-11-9/h1-4,6-7H,5H2. The van der Waals surface area contributed by atoms with Crippen LogP contribution in [0.3, 0.4) is 0 Å². The highest BCUT2D eigenvalue weighted by Crippen LogP contribution is 2.35. The van der Waals surface area contributed by atoms with E-state index in [2.05, 4.69) is 22.5 Å². The Labute approximate surface area is 70.5 Å². The zero-order valence-electron chi connectivity index (χ0n) is 6.03. The Morgan fingerprint density at radius 2 is 2.36 bits per heavy atom. The van der Waals surface area contributed by atoms with E-state index in [0.717, 1.165) is 12.1 Å². The van der Waals surface area contributed by atoms with E-state index < -0.39 is 0 Å². The van der Waals surface area contributed by atoms with Gasteiger partial charge in [0.05, 0.1) is 10.9 Å². The van der Waals surface area contributed by atoms with Crippen LogP contribution in [0, 0.1) is 5.25 Å². The van der Waals surface area contributed by atoms with Gasteiger partial charge in [-0.25, -0.2) is 0 Å². The molecule has 0 spiro atoms. The fourth-order valence-electron chi connectivity index (χ4n) is 1.03. The summed E-state index contributed by atoms with van der Waals surface area (Å²) in [5.41, 5.74) is 1.11. The molecule has 0 aliphatic carbocycles. The van der Waals surface area contributed by atoms with Crippen molar-refractivity contribution < 1.29 is 0 Å². The van der Waals surface area contributed by atoms with Crippen LogP contribution in [0.2, 0.25) is 0 Å². The summed E-state index contributed by atoms with van der Waals surface area (Å²) in [5.74, 6) is 0. The van der Waals surface area contributed by atoms with Crippen LogP contribution in [0.25, 0.3) is 0 Å². The van der Waals surface area contributed by atoms with Crippen LogP contribution in [0.15, 0.2) is 35.9 Å². The van der Waals surface area contributed by atoms with Gasteiger partial charge in [-0.15, -0.1) is 11.8 Å². The predicted molar refractivity (Wildman–Crippen MR) is 47.9 cm³/mol. The van der Waals surface area contributed by atoms with Crippen LogP contribution in [-0.4, -0.2) is 4.98 Å². The lowest BCUT2D eigenvalue weighted by Crippen LogP contribution is -1.92. The number of nitrogens with zero attached hydrogens (tertiary/aromatic N) is 1. The topological polar surface area (TPSA) is 12.9 Å². The van der Waals surface area contributed by atoms with Crippen molar-refractivity contribution >= 4 is 11.8 Å². The third kappa shape index (κ3) is 1.46. The summed E-state index contributed by atoms with van der Waals surface area (Å²) in [7, 11) is 0. The molecular weight excluding hydrogens is 154 g/mol. The van der Waals surface area contributed by atoms with Crippen molar-refractivity contribution in [3.05, 3.63) is 46.8 Å². The summed E-state index contributed by atoms with van der Waals surface area (Å²) >= 11 is 1.77. The molecule has 2 heterocycles. The first kappa shape index (κ1) is 6.92. The number of pyridine rings is 1. The molecule has 0 aromatic carbocycles. The Morgan fingerprint density at radius 1 is 1.36 bits per heavy atom. The third-order valence-corrected chi connectivity index (χ3v) is 2.55. The minimum absolute atomic E-state index is 1.04. The van der Waals surface area contributed by atoms with E-state index in [1.807, 2.05) is 18.3 Å². The van der Waals surface area contributed by atoms with Gasteiger partial charge in [0.15, 0.2) is 0 Å². The van der Waals surface area contributed by atoms with Crippen LogP contribution in [0.1, 0.15) is 12.1 Å². The fraction of sp³-hybridized carbons (Fsp3) is 0.111. The molecule has 0 saturated heterocycles. The number of hydrogen-bond donors (Lipinski definition) is 0. The third-order valence-electron chi connectivity index (χ3n) is 1.56. The highest BCUT2D eigenvalue weighted by atomic mass is 32.2. The molecule has 1 radical (unpaired) electrons. The quantitative estimate of drug-likeness (QED) is 0.629. The molecule has 55 valence electrons. The zero-order chi connectivity index (χ0) is 7.52. The maximum Gasteiger partial charge on any atom is 0.0864 e. The van der Waals surface area contributed by atoms with Gasteiger partial charge in [0.1, 0.15) is 0 Å². The maximum atomic E-state index is 4.26. The fourth-order valence-corrected chi connectivity index (χ4v) is 1.82. The lowest BCUT2D eigenvalue weighted by Gasteiger charge is -2.04. The van der Waals surface area contributed by atoms with Gasteiger partial charge < -0.3 is 0 Å². The second kappa shape index (κ2) is 3.09. The maximum absolute atomic E-state index is 4.26. The lowest BCUT2D eigenvalue weighted by atomic mass is 10.2. The highest BCUT2D eigenvalue weighted by Gasteiger charge is 2.14. The van der Waals surface area contributed by atoms with Gasteiger partial charge in [0, 0.05) is 6.20 Å². The summed E-state index contributed by atoms with van der Waals surface area (Å²) in [6.45, 7) is 0. The van der Waals surface area contributed by atoms with Crippen molar-refractivity contribution in [2.75, 3.05) is 0 Å². The first-order valence-corrected chi connectivity index (χ1v) is 4.44. The average molecular weight is 162 g/mol. The molecule has 11 heavy (non-hydrogen) atoms. The van der Waals surface area contributed by atoms with Crippen molar-refractivity contribution in [1.82, 2.24) is 4.98 Å². The number of rotatable bonds is 1. The lowest BCUT2D eigenvalue weighted by molar-refractivity contribution is 1.12. The van der Waals surface area contributed by atoms with Crippen LogP contribution in [0.5, 0.6) is 0 Å². The normalized spacial score (nSPS) is 17.5.